The highest BCUT2D eigenvalue weighted by Gasteiger charge is 2.28. The molecule has 8 nitrogen and oxygen atoms in total. The molecule has 1 aromatic carbocycles. The minimum absolute atomic E-state index is 0.245. The number of morpholine rings is 1. The van der Waals surface area contributed by atoms with Crippen LogP contribution in [0, 0.1) is 0 Å². The lowest BCUT2D eigenvalue weighted by molar-refractivity contribution is 0.0905. The highest BCUT2D eigenvalue weighted by atomic mass is 16.5. The molecule has 2 aromatic heterocycles. The summed E-state index contributed by atoms with van der Waals surface area (Å²) >= 11 is 0. The monoisotopic (exact) mass is 458 g/mol. The second kappa shape index (κ2) is 9.38. The molecule has 8 heteroatoms. The number of pyridine rings is 1. The molecule has 5 rings (SSSR count). The third-order valence-corrected chi connectivity index (χ3v) is 6.34. The lowest BCUT2D eigenvalue weighted by Gasteiger charge is -2.30. The van der Waals surface area contributed by atoms with Gasteiger partial charge in [-0.3, -0.25) is 9.78 Å². The Morgan fingerprint density at radius 3 is 2.65 bits per heavy atom. The third-order valence-electron chi connectivity index (χ3n) is 6.34. The van der Waals surface area contributed by atoms with Gasteiger partial charge < -0.3 is 20.3 Å². The van der Waals surface area contributed by atoms with Crippen LogP contribution in [0.1, 0.15) is 47.6 Å². The van der Waals surface area contributed by atoms with Gasteiger partial charge in [-0.2, -0.15) is 4.98 Å². The van der Waals surface area contributed by atoms with Crippen LogP contribution in [0.4, 0.5) is 17.5 Å². The second-order valence-electron chi connectivity index (χ2n) is 9.29. The molecular weight excluding hydrogens is 428 g/mol. The first-order chi connectivity index (χ1) is 16.5. The lowest BCUT2D eigenvalue weighted by Crippen LogP contribution is -2.43. The van der Waals surface area contributed by atoms with Crippen molar-refractivity contribution in [2.75, 3.05) is 36.5 Å². The van der Waals surface area contributed by atoms with Gasteiger partial charge in [0, 0.05) is 31.0 Å². The Hall–Kier alpha value is -3.52. The highest BCUT2D eigenvalue weighted by molar-refractivity contribution is 5.92. The Balaban J connectivity index is 1.46. The largest absolute Gasteiger partial charge is 0.378 e. The molecule has 1 saturated heterocycles. The molecule has 34 heavy (non-hydrogen) atoms. The van der Waals surface area contributed by atoms with Crippen LogP contribution in [0.2, 0.25) is 0 Å². The van der Waals surface area contributed by atoms with Gasteiger partial charge in [-0.1, -0.05) is 12.1 Å². The summed E-state index contributed by atoms with van der Waals surface area (Å²) in [5, 5.41) is 6.56. The van der Waals surface area contributed by atoms with Gasteiger partial charge in [0.2, 0.25) is 5.95 Å². The van der Waals surface area contributed by atoms with Crippen LogP contribution < -0.4 is 15.5 Å². The van der Waals surface area contributed by atoms with Crippen molar-refractivity contribution >= 4 is 23.4 Å². The van der Waals surface area contributed by atoms with E-state index in [0.29, 0.717) is 30.7 Å². The van der Waals surface area contributed by atoms with Gasteiger partial charge >= 0.3 is 0 Å². The van der Waals surface area contributed by atoms with Gasteiger partial charge in [0.05, 0.1) is 24.4 Å². The molecule has 2 N–H and O–H groups in total. The molecule has 3 heterocycles. The summed E-state index contributed by atoms with van der Waals surface area (Å²) in [7, 11) is 0. The first kappa shape index (κ1) is 22.3. The predicted molar refractivity (Wildman–Crippen MR) is 132 cm³/mol. The number of hydrogen-bond acceptors (Lipinski definition) is 7. The number of aromatic nitrogens is 3. The van der Waals surface area contributed by atoms with Crippen LogP contribution in [-0.4, -0.2) is 47.2 Å². The van der Waals surface area contributed by atoms with E-state index in [1.165, 1.54) is 17.5 Å². The van der Waals surface area contributed by atoms with E-state index < -0.39 is 5.54 Å². The SMILES string of the molecule is CC(C)(NC(=O)c1ccccn1)c1cc(Nc2ccc3c(c2)CCC3)nc(N2CCOCC2)n1. The van der Waals surface area contributed by atoms with Crippen molar-refractivity contribution < 1.29 is 9.53 Å². The molecule has 1 fully saturated rings. The Morgan fingerprint density at radius 1 is 1.03 bits per heavy atom. The third kappa shape index (κ3) is 4.87. The predicted octanol–water partition coefficient (Wildman–Crippen LogP) is 3.61. The number of benzene rings is 1. The second-order valence-corrected chi connectivity index (χ2v) is 9.29. The maximum absolute atomic E-state index is 12.8. The summed E-state index contributed by atoms with van der Waals surface area (Å²) < 4.78 is 5.51. The van der Waals surface area contributed by atoms with E-state index in [9.17, 15) is 4.79 Å². The van der Waals surface area contributed by atoms with Gasteiger partial charge in [-0.05, 0) is 68.5 Å². The average Bonchev–Trinajstić information content (AvgIpc) is 3.33. The summed E-state index contributed by atoms with van der Waals surface area (Å²) in [6.07, 6.45) is 5.09. The van der Waals surface area contributed by atoms with Crippen LogP contribution in [0.3, 0.4) is 0 Å². The molecule has 176 valence electrons. The van der Waals surface area contributed by atoms with Crippen molar-refractivity contribution in [2.24, 2.45) is 0 Å². The van der Waals surface area contributed by atoms with E-state index in [1.54, 1.807) is 24.4 Å². The van der Waals surface area contributed by atoms with Crippen molar-refractivity contribution in [1.82, 2.24) is 20.3 Å². The van der Waals surface area contributed by atoms with Gasteiger partial charge in [-0.15, -0.1) is 0 Å². The first-order valence-electron chi connectivity index (χ1n) is 11.8. The zero-order valence-corrected chi connectivity index (χ0v) is 19.7. The van der Waals surface area contributed by atoms with E-state index in [1.807, 2.05) is 19.9 Å². The van der Waals surface area contributed by atoms with E-state index in [-0.39, 0.29) is 5.91 Å². The Bertz CT molecular complexity index is 1180. The average molecular weight is 459 g/mol. The normalized spacial score (nSPS) is 15.6. The summed E-state index contributed by atoms with van der Waals surface area (Å²) in [6.45, 7) is 6.61. The number of carbonyl (C=O) groups is 1. The van der Waals surface area contributed by atoms with Gasteiger partial charge in [-0.25, -0.2) is 4.98 Å². The van der Waals surface area contributed by atoms with Gasteiger partial charge in [0.25, 0.3) is 5.91 Å². The van der Waals surface area contributed by atoms with E-state index in [4.69, 9.17) is 14.7 Å². The number of anilines is 3. The highest BCUT2D eigenvalue weighted by Crippen LogP contribution is 2.29. The van der Waals surface area contributed by atoms with Crippen LogP contribution >= 0.6 is 0 Å². The summed E-state index contributed by atoms with van der Waals surface area (Å²) in [4.78, 5) is 28.8. The molecule has 1 aliphatic carbocycles. The van der Waals surface area contributed by atoms with Gasteiger partial charge in [0.1, 0.15) is 11.5 Å². The van der Waals surface area contributed by atoms with E-state index in [0.717, 1.165) is 37.3 Å². The van der Waals surface area contributed by atoms with E-state index >= 15 is 0 Å². The fourth-order valence-corrected chi connectivity index (χ4v) is 4.43. The topological polar surface area (TPSA) is 92.3 Å². The molecule has 1 aliphatic heterocycles. The number of amides is 1. The number of ether oxygens (including phenoxy) is 1. The molecule has 0 bridgehead atoms. The fourth-order valence-electron chi connectivity index (χ4n) is 4.43. The standard InChI is InChI=1S/C26H30N6O2/c1-26(2,31-24(33)21-8-3-4-11-27-21)22-17-23(30-25(29-22)32-12-14-34-15-13-32)28-20-10-9-18-6-5-7-19(18)16-20/h3-4,8-11,16-17H,5-7,12-15H2,1-2H3,(H,31,33)(H,28,29,30). The van der Waals surface area contributed by atoms with Crippen molar-refractivity contribution in [3.05, 3.63) is 71.2 Å². The molecule has 0 spiro atoms. The van der Waals surface area contributed by atoms with Crippen LogP contribution in [0.5, 0.6) is 0 Å². The Morgan fingerprint density at radius 2 is 1.85 bits per heavy atom. The molecule has 1 amide bonds. The van der Waals surface area contributed by atoms with Gasteiger partial charge in [0.15, 0.2) is 0 Å². The van der Waals surface area contributed by atoms with Crippen LogP contribution in [0.15, 0.2) is 48.7 Å². The zero-order chi connectivity index (χ0) is 23.5. The quantitative estimate of drug-likeness (QED) is 0.583. The number of aryl methyl sites for hydroxylation is 2. The summed E-state index contributed by atoms with van der Waals surface area (Å²) in [5.41, 5.74) is 4.18. The Kier molecular flexibility index (Phi) is 6.15. The minimum Gasteiger partial charge on any atom is -0.378 e. The summed E-state index contributed by atoms with van der Waals surface area (Å²) in [6, 6.07) is 13.7. The van der Waals surface area contributed by atoms with Crippen molar-refractivity contribution in [3.8, 4) is 0 Å². The van der Waals surface area contributed by atoms with Crippen molar-refractivity contribution in [3.63, 3.8) is 0 Å². The summed E-state index contributed by atoms with van der Waals surface area (Å²) in [5.74, 6) is 1.08. The Labute approximate surface area is 199 Å². The molecular formula is C26H30N6O2. The molecule has 2 aliphatic rings. The molecule has 0 unspecified atom stereocenters. The smallest absolute Gasteiger partial charge is 0.270 e. The number of fused-ring (bicyclic) bond motifs is 1. The maximum Gasteiger partial charge on any atom is 0.270 e. The zero-order valence-electron chi connectivity index (χ0n) is 19.7. The lowest BCUT2D eigenvalue weighted by atomic mass is 9.99. The van der Waals surface area contributed by atoms with Crippen LogP contribution in [0.25, 0.3) is 0 Å². The maximum atomic E-state index is 12.8. The number of carbonyl (C=O) groups excluding carboxylic acids is 1. The minimum atomic E-state index is -0.743. The molecule has 3 aromatic rings. The van der Waals surface area contributed by atoms with E-state index in [2.05, 4.69) is 38.7 Å². The number of rotatable bonds is 6. The first-order valence-corrected chi connectivity index (χ1v) is 11.8. The van der Waals surface area contributed by atoms with Crippen molar-refractivity contribution in [1.29, 1.82) is 0 Å². The van der Waals surface area contributed by atoms with Crippen LogP contribution in [-0.2, 0) is 23.1 Å². The fraction of sp³-hybridized carbons (Fsp3) is 0.385. The van der Waals surface area contributed by atoms with Crippen molar-refractivity contribution in [2.45, 2.75) is 38.6 Å². The number of hydrogen-bond donors (Lipinski definition) is 2. The number of nitrogens with one attached hydrogen (secondary N) is 2. The number of nitrogens with zero attached hydrogens (tertiary/aromatic N) is 4. The molecule has 0 atom stereocenters. The molecule has 0 radical (unpaired) electrons. The molecule has 0 saturated carbocycles.